The Labute approximate surface area is 87.9 Å². The maximum Gasteiger partial charge on any atom is 0.0545 e. The van der Waals surface area contributed by atoms with Gasteiger partial charge < -0.3 is 5.11 Å². The fourth-order valence-corrected chi connectivity index (χ4v) is 3.68. The molecule has 0 radical (unpaired) electrons. The maximum absolute atomic E-state index is 9.66. The van der Waals surface area contributed by atoms with Crippen molar-refractivity contribution in [2.75, 3.05) is 0 Å². The predicted molar refractivity (Wildman–Crippen MR) is 59.1 cm³/mol. The molecule has 0 saturated heterocycles. The third-order valence-electron chi connectivity index (χ3n) is 4.67. The first-order chi connectivity index (χ1) is 6.60. The van der Waals surface area contributed by atoms with Crippen molar-refractivity contribution in [1.29, 1.82) is 0 Å². The van der Waals surface area contributed by atoms with Gasteiger partial charge in [0.1, 0.15) is 0 Å². The van der Waals surface area contributed by atoms with E-state index in [4.69, 9.17) is 0 Å². The van der Waals surface area contributed by atoms with Crippen molar-refractivity contribution in [1.82, 2.24) is 0 Å². The number of aliphatic hydroxyl groups is 1. The van der Waals surface area contributed by atoms with Crippen LogP contribution in [0.3, 0.4) is 0 Å². The first-order valence-electron chi connectivity index (χ1n) is 6.28. The van der Waals surface area contributed by atoms with Gasteiger partial charge in [0.15, 0.2) is 0 Å². The minimum absolute atomic E-state index is 0.00256. The van der Waals surface area contributed by atoms with E-state index in [1.807, 2.05) is 0 Å². The molecule has 82 valence electrons. The molecule has 0 amide bonds. The average molecular weight is 196 g/mol. The lowest BCUT2D eigenvalue weighted by Gasteiger charge is -2.39. The molecule has 2 aliphatic carbocycles. The van der Waals surface area contributed by atoms with Gasteiger partial charge in [-0.1, -0.05) is 26.7 Å². The Morgan fingerprint density at radius 1 is 1.21 bits per heavy atom. The summed E-state index contributed by atoms with van der Waals surface area (Å²) in [6, 6.07) is 0. The van der Waals surface area contributed by atoms with Gasteiger partial charge in [-0.15, -0.1) is 0 Å². The van der Waals surface area contributed by atoms with Gasteiger partial charge >= 0.3 is 0 Å². The Balaban J connectivity index is 1.99. The van der Waals surface area contributed by atoms with Crippen LogP contribution in [0, 0.1) is 17.3 Å². The van der Waals surface area contributed by atoms with Crippen molar-refractivity contribution in [3.8, 4) is 0 Å². The van der Waals surface area contributed by atoms with Crippen LogP contribution >= 0.6 is 0 Å². The molecule has 1 N–H and O–H groups in total. The first-order valence-corrected chi connectivity index (χ1v) is 6.28. The Kier molecular flexibility index (Phi) is 2.88. The van der Waals surface area contributed by atoms with Crippen LogP contribution in [0.4, 0.5) is 0 Å². The Morgan fingerprint density at radius 2 is 2.00 bits per heavy atom. The summed E-state index contributed by atoms with van der Waals surface area (Å²) in [4.78, 5) is 0. The zero-order chi connectivity index (χ0) is 10.2. The molecule has 0 bridgehead atoms. The third-order valence-corrected chi connectivity index (χ3v) is 4.67. The second-order valence-corrected chi connectivity index (χ2v) is 6.02. The van der Waals surface area contributed by atoms with Crippen molar-refractivity contribution in [3.63, 3.8) is 0 Å². The van der Waals surface area contributed by atoms with Gasteiger partial charge in [0.2, 0.25) is 0 Å². The summed E-state index contributed by atoms with van der Waals surface area (Å²) in [6.07, 6.45) is 9.01. The highest BCUT2D eigenvalue weighted by Gasteiger charge is 2.41. The minimum atomic E-state index is -0.00256. The Hall–Kier alpha value is -0.0400. The van der Waals surface area contributed by atoms with Crippen LogP contribution in [-0.2, 0) is 0 Å². The van der Waals surface area contributed by atoms with E-state index < -0.39 is 0 Å². The smallest absolute Gasteiger partial charge is 0.0545 e. The van der Waals surface area contributed by atoms with Crippen LogP contribution in [0.25, 0.3) is 0 Å². The summed E-state index contributed by atoms with van der Waals surface area (Å²) < 4.78 is 0. The van der Waals surface area contributed by atoms with Crippen molar-refractivity contribution >= 4 is 0 Å². The summed E-state index contributed by atoms with van der Waals surface area (Å²) in [5.41, 5.74) is 0.466. The minimum Gasteiger partial charge on any atom is -0.393 e. The summed E-state index contributed by atoms with van der Waals surface area (Å²) in [6.45, 7) is 4.80. The SMILES string of the molecule is CC1CCCC(C2(C)CCC(O)C2)C1. The van der Waals surface area contributed by atoms with Crippen molar-refractivity contribution in [3.05, 3.63) is 0 Å². The highest BCUT2D eigenvalue weighted by molar-refractivity contribution is 4.92. The molecule has 2 rings (SSSR count). The normalized spacial score (nSPS) is 49.5. The van der Waals surface area contributed by atoms with E-state index in [2.05, 4.69) is 13.8 Å². The van der Waals surface area contributed by atoms with E-state index in [1.165, 1.54) is 32.1 Å². The van der Waals surface area contributed by atoms with Gasteiger partial charge in [0.25, 0.3) is 0 Å². The van der Waals surface area contributed by atoms with Crippen LogP contribution in [0.2, 0.25) is 0 Å². The fourth-order valence-electron chi connectivity index (χ4n) is 3.68. The van der Waals surface area contributed by atoms with Gasteiger partial charge in [0.05, 0.1) is 6.10 Å². The molecular formula is C13H24O. The lowest BCUT2D eigenvalue weighted by atomic mass is 9.66. The lowest BCUT2D eigenvalue weighted by Crippen LogP contribution is -2.29. The molecule has 1 nitrogen and oxygen atoms in total. The molecule has 4 unspecified atom stereocenters. The lowest BCUT2D eigenvalue weighted by molar-refractivity contribution is 0.0937. The topological polar surface area (TPSA) is 20.2 Å². The summed E-state index contributed by atoms with van der Waals surface area (Å²) in [5.74, 6) is 1.81. The van der Waals surface area contributed by atoms with Gasteiger partial charge in [0, 0.05) is 0 Å². The molecule has 2 fully saturated rings. The molecule has 0 heterocycles. The number of hydrogen-bond donors (Lipinski definition) is 1. The van der Waals surface area contributed by atoms with E-state index in [0.717, 1.165) is 24.7 Å². The van der Waals surface area contributed by atoms with E-state index in [9.17, 15) is 5.11 Å². The molecule has 1 heteroatoms. The molecule has 2 saturated carbocycles. The largest absolute Gasteiger partial charge is 0.393 e. The highest BCUT2D eigenvalue weighted by atomic mass is 16.3. The molecule has 0 aromatic rings. The van der Waals surface area contributed by atoms with Crippen molar-refractivity contribution in [2.45, 2.75) is 64.9 Å². The van der Waals surface area contributed by atoms with Gasteiger partial charge in [-0.05, 0) is 49.4 Å². The van der Waals surface area contributed by atoms with Crippen LogP contribution in [0.5, 0.6) is 0 Å². The predicted octanol–water partition coefficient (Wildman–Crippen LogP) is 3.36. The van der Waals surface area contributed by atoms with Crippen LogP contribution in [0.15, 0.2) is 0 Å². The van der Waals surface area contributed by atoms with Crippen molar-refractivity contribution in [2.24, 2.45) is 17.3 Å². The summed E-state index contributed by atoms with van der Waals surface area (Å²) in [5, 5.41) is 9.66. The summed E-state index contributed by atoms with van der Waals surface area (Å²) >= 11 is 0. The van der Waals surface area contributed by atoms with Crippen LogP contribution in [-0.4, -0.2) is 11.2 Å². The van der Waals surface area contributed by atoms with Crippen LogP contribution in [0.1, 0.15) is 58.8 Å². The fraction of sp³-hybridized carbons (Fsp3) is 1.00. The van der Waals surface area contributed by atoms with Crippen molar-refractivity contribution < 1.29 is 5.11 Å². The molecule has 0 aromatic carbocycles. The molecule has 4 atom stereocenters. The first kappa shape index (κ1) is 10.5. The number of hydrogen-bond acceptors (Lipinski definition) is 1. The van der Waals surface area contributed by atoms with Gasteiger partial charge in [-0.25, -0.2) is 0 Å². The number of rotatable bonds is 1. The highest BCUT2D eigenvalue weighted by Crippen LogP contribution is 2.50. The average Bonchev–Trinajstić information content (AvgIpc) is 2.48. The maximum atomic E-state index is 9.66. The second kappa shape index (κ2) is 3.84. The van der Waals surface area contributed by atoms with E-state index in [0.29, 0.717) is 5.41 Å². The molecule has 2 aliphatic rings. The molecular weight excluding hydrogens is 172 g/mol. The quantitative estimate of drug-likeness (QED) is 0.682. The van der Waals surface area contributed by atoms with Gasteiger partial charge in [-0.2, -0.15) is 0 Å². The monoisotopic (exact) mass is 196 g/mol. The zero-order valence-corrected chi connectivity index (χ0v) is 9.63. The molecule has 0 aromatic heterocycles. The molecule has 0 aliphatic heterocycles. The van der Waals surface area contributed by atoms with Gasteiger partial charge in [-0.3, -0.25) is 0 Å². The Bertz CT molecular complexity index is 201. The zero-order valence-electron chi connectivity index (χ0n) is 9.63. The van der Waals surface area contributed by atoms with E-state index in [1.54, 1.807) is 0 Å². The van der Waals surface area contributed by atoms with E-state index >= 15 is 0 Å². The third kappa shape index (κ3) is 1.98. The van der Waals surface area contributed by atoms with Crippen LogP contribution < -0.4 is 0 Å². The molecule has 0 spiro atoms. The Morgan fingerprint density at radius 3 is 2.57 bits per heavy atom. The number of aliphatic hydroxyl groups excluding tert-OH is 1. The summed E-state index contributed by atoms with van der Waals surface area (Å²) in [7, 11) is 0. The molecule has 14 heavy (non-hydrogen) atoms. The van der Waals surface area contributed by atoms with E-state index in [-0.39, 0.29) is 6.10 Å². The second-order valence-electron chi connectivity index (χ2n) is 6.02. The standard InChI is InChI=1S/C13H24O/c1-10-4-3-5-11(8-10)13(2)7-6-12(14)9-13/h10-12,14H,3-9H2,1-2H3.